The van der Waals surface area contributed by atoms with E-state index in [1.54, 1.807) is 18.2 Å². The summed E-state index contributed by atoms with van der Waals surface area (Å²) in [7, 11) is 3.05. The Bertz CT molecular complexity index is 402. The van der Waals surface area contributed by atoms with Crippen LogP contribution in [0.4, 0.5) is 0 Å². The zero-order valence-corrected chi connectivity index (χ0v) is 10.8. The van der Waals surface area contributed by atoms with Crippen LogP contribution >= 0.6 is 0 Å². The molecule has 1 atom stereocenters. The molecule has 18 heavy (non-hydrogen) atoms. The Hall–Kier alpha value is -1.91. The highest BCUT2D eigenvalue weighted by Crippen LogP contribution is 2.31. The number of carbonyl (C=O) groups is 1. The highest BCUT2D eigenvalue weighted by atomic mass is 16.5. The molecule has 0 spiro atoms. The molecular weight excluding hydrogens is 236 g/mol. The second kappa shape index (κ2) is 6.74. The molecule has 0 aliphatic heterocycles. The Labute approximate surface area is 106 Å². The Balaban J connectivity index is 2.86. The molecule has 0 aromatic heterocycles. The van der Waals surface area contributed by atoms with Gasteiger partial charge in [-0.2, -0.15) is 0 Å². The van der Waals surface area contributed by atoms with Gasteiger partial charge < -0.3 is 19.3 Å². The zero-order valence-electron chi connectivity index (χ0n) is 10.8. The second-order valence-electron chi connectivity index (χ2n) is 3.75. The second-order valence-corrected chi connectivity index (χ2v) is 3.75. The van der Waals surface area contributed by atoms with E-state index >= 15 is 0 Å². The third-order valence-electron chi connectivity index (χ3n) is 2.46. The number of carboxylic acids is 1. The number of benzene rings is 1. The molecule has 5 heteroatoms. The summed E-state index contributed by atoms with van der Waals surface area (Å²) in [5.41, 5.74) is 0. The fourth-order valence-corrected chi connectivity index (χ4v) is 1.55. The van der Waals surface area contributed by atoms with Crippen molar-refractivity contribution in [3.05, 3.63) is 18.2 Å². The predicted molar refractivity (Wildman–Crippen MR) is 66.5 cm³/mol. The van der Waals surface area contributed by atoms with Crippen molar-refractivity contribution < 1.29 is 24.1 Å². The molecule has 0 aliphatic rings. The van der Waals surface area contributed by atoms with Gasteiger partial charge in [0.2, 0.25) is 0 Å². The number of methoxy groups -OCH3 is 2. The molecule has 0 amide bonds. The highest BCUT2D eigenvalue weighted by molar-refractivity contribution is 5.72. The lowest BCUT2D eigenvalue weighted by molar-refractivity contribution is -0.145. The highest BCUT2D eigenvalue weighted by Gasteiger charge is 2.18. The van der Waals surface area contributed by atoms with Gasteiger partial charge in [0, 0.05) is 6.07 Å². The first kappa shape index (κ1) is 14.2. The summed E-state index contributed by atoms with van der Waals surface area (Å²) in [4.78, 5) is 11.0. The normalized spacial score (nSPS) is 11.7. The first-order valence-electron chi connectivity index (χ1n) is 5.73. The van der Waals surface area contributed by atoms with Crippen LogP contribution < -0.4 is 14.2 Å². The van der Waals surface area contributed by atoms with Gasteiger partial charge in [-0.15, -0.1) is 0 Å². The molecule has 1 aromatic carbocycles. The van der Waals surface area contributed by atoms with E-state index in [2.05, 4.69) is 0 Å². The van der Waals surface area contributed by atoms with Gasteiger partial charge in [-0.1, -0.05) is 13.3 Å². The van der Waals surface area contributed by atoms with Gasteiger partial charge in [0.1, 0.15) is 5.75 Å². The number of carboxylic acid groups (broad SMARTS) is 1. The van der Waals surface area contributed by atoms with Crippen LogP contribution in [-0.2, 0) is 4.79 Å². The third-order valence-corrected chi connectivity index (χ3v) is 2.46. The van der Waals surface area contributed by atoms with Crippen LogP contribution in [0, 0.1) is 0 Å². The molecule has 0 heterocycles. The van der Waals surface area contributed by atoms with Gasteiger partial charge in [-0.05, 0) is 18.6 Å². The maximum Gasteiger partial charge on any atom is 0.344 e. The van der Waals surface area contributed by atoms with Gasteiger partial charge in [-0.25, -0.2) is 4.79 Å². The molecule has 1 unspecified atom stereocenters. The summed E-state index contributed by atoms with van der Waals surface area (Å²) in [6.07, 6.45) is 0.363. The fourth-order valence-electron chi connectivity index (χ4n) is 1.55. The lowest BCUT2D eigenvalue weighted by atomic mass is 10.2. The van der Waals surface area contributed by atoms with Crippen LogP contribution in [-0.4, -0.2) is 31.4 Å². The summed E-state index contributed by atoms with van der Waals surface area (Å²) < 4.78 is 15.6. The molecule has 0 fully saturated rings. The quantitative estimate of drug-likeness (QED) is 0.809. The van der Waals surface area contributed by atoms with E-state index in [1.165, 1.54) is 14.2 Å². The molecule has 0 saturated carbocycles. The van der Waals surface area contributed by atoms with Crippen molar-refractivity contribution in [3.63, 3.8) is 0 Å². The van der Waals surface area contributed by atoms with Crippen molar-refractivity contribution in [2.75, 3.05) is 14.2 Å². The monoisotopic (exact) mass is 254 g/mol. The van der Waals surface area contributed by atoms with E-state index in [1.807, 2.05) is 6.92 Å². The van der Waals surface area contributed by atoms with E-state index in [9.17, 15) is 4.79 Å². The zero-order chi connectivity index (χ0) is 13.5. The van der Waals surface area contributed by atoms with E-state index < -0.39 is 12.1 Å². The molecule has 0 radical (unpaired) electrons. The Morgan fingerprint density at radius 1 is 1.28 bits per heavy atom. The van der Waals surface area contributed by atoms with Gasteiger partial charge in [0.25, 0.3) is 0 Å². The Kier molecular flexibility index (Phi) is 5.30. The van der Waals surface area contributed by atoms with Gasteiger partial charge >= 0.3 is 5.97 Å². The minimum absolute atomic E-state index is 0.452. The SMILES string of the molecule is CCCC(Oc1ccc(OC)c(OC)c1)C(=O)O. The van der Waals surface area contributed by atoms with Crippen molar-refractivity contribution >= 4 is 5.97 Å². The van der Waals surface area contributed by atoms with Crippen LogP contribution in [0.2, 0.25) is 0 Å². The molecule has 1 rings (SSSR count). The molecule has 0 bridgehead atoms. The van der Waals surface area contributed by atoms with Crippen molar-refractivity contribution in [3.8, 4) is 17.2 Å². The molecule has 5 nitrogen and oxygen atoms in total. The van der Waals surface area contributed by atoms with Crippen molar-refractivity contribution in [2.45, 2.75) is 25.9 Å². The van der Waals surface area contributed by atoms with E-state index in [-0.39, 0.29) is 0 Å². The Morgan fingerprint density at radius 2 is 1.94 bits per heavy atom. The molecule has 0 aliphatic carbocycles. The molecule has 100 valence electrons. The number of ether oxygens (including phenoxy) is 3. The maximum atomic E-state index is 11.0. The largest absolute Gasteiger partial charge is 0.493 e. The topological polar surface area (TPSA) is 65.0 Å². The maximum absolute atomic E-state index is 11.0. The molecule has 0 saturated heterocycles. The van der Waals surface area contributed by atoms with Crippen LogP contribution in [0.3, 0.4) is 0 Å². The van der Waals surface area contributed by atoms with E-state index in [0.29, 0.717) is 23.7 Å². The number of hydrogen-bond donors (Lipinski definition) is 1. The van der Waals surface area contributed by atoms with Crippen molar-refractivity contribution in [1.29, 1.82) is 0 Å². The van der Waals surface area contributed by atoms with Crippen LogP contribution in [0.1, 0.15) is 19.8 Å². The van der Waals surface area contributed by atoms with Gasteiger partial charge in [0.05, 0.1) is 14.2 Å². The lowest BCUT2D eigenvalue weighted by Gasteiger charge is -2.15. The predicted octanol–water partition coefficient (Wildman–Crippen LogP) is 2.34. The summed E-state index contributed by atoms with van der Waals surface area (Å²) >= 11 is 0. The average molecular weight is 254 g/mol. The molecule has 1 aromatic rings. The summed E-state index contributed by atoms with van der Waals surface area (Å²) in [6.45, 7) is 1.91. The number of aliphatic carboxylic acids is 1. The third kappa shape index (κ3) is 3.55. The van der Waals surface area contributed by atoms with E-state index in [4.69, 9.17) is 19.3 Å². The first-order chi connectivity index (χ1) is 8.62. The minimum Gasteiger partial charge on any atom is -0.493 e. The lowest BCUT2D eigenvalue weighted by Crippen LogP contribution is -2.26. The standard InChI is InChI=1S/C13H18O5/c1-4-5-11(13(14)15)18-9-6-7-10(16-2)12(8-9)17-3/h6-8,11H,4-5H2,1-3H3,(H,14,15). The van der Waals surface area contributed by atoms with Crippen molar-refractivity contribution in [2.24, 2.45) is 0 Å². The molecular formula is C13H18O5. The first-order valence-corrected chi connectivity index (χ1v) is 5.73. The van der Waals surface area contributed by atoms with Crippen LogP contribution in [0.5, 0.6) is 17.2 Å². The smallest absolute Gasteiger partial charge is 0.344 e. The van der Waals surface area contributed by atoms with E-state index in [0.717, 1.165) is 6.42 Å². The van der Waals surface area contributed by atoms with Crippen molar-refractivity contribution in [1.82, 2.24) is 0 Å². The van der Waals surface area contributed by atoms with Gasteiger partial charge in [-0.3, -0.25) is 0 Å². The average Bonchev–Trinajstić information content (AvgIpc) is 2.37. The fraction of sp³-hybridized carbons (Fsp3) is 0.462. The number of rotatable bonds is 7. The minimum atomic E-state index is -0.966. The Morgan fingerprint density at radius 3 is 2.44 bits per heavy atom. The van der Waals surface area contributed by atoms with Crippen LogP contribution in [0.25, 0.3) is 0 Å². The summed E-state index contributed by atoms with van der Waals surface area (Å²) in [5.74, 6) is 0.572. The van der Waals surface area contributed by atoms with Crippen LogP contribution in [0.15, 0.2) is 18.2 Å². The number of hydrogen-bond acceptors (Lipinski definition) is 4. The van der Waals surface area contributed by atoms with Gasteiger partial charge in [0.15, 0.2) is 17.6 Å². The molecule has 1 N–H and O–H groups in total. The summed E-state index contributed by atoms with van der Waals surface area (Å²) in [5, 5.41) is 9.01. The summed E-state index contributed by atoms with van der Waals surface area (Å²) in [6, 6.07) is 4.95.